The number of nitrogens with zero attached hydrogens (tertiary/aromatic N) is 2. The van der Waals surface area contributed by atoms with E-state index in [2.05, 4.69) is 15.2 Å². The molecule has 0 fully saturated rings. The van der Waals surface area contributed by atoms with E-state index in [1.54, 1.807) is 0 Å². The molecule has 1 aromatic heterocycles. The fraction of sp³-hybridized carbons (Fsp3) is 0.692. The van der Waals surface area contributed by atoms with Crippen molar-refractivity contribution in [1.82, 2.24) is 10.3 Å². The number of hydrogen-bond acceptors (Lipinski definition) is 6. The number of anilines is 2. The van der Waals surface area contributed by atoms with Gasteiger partial charge in [-0.3, -0.25) is 4.79 Å². The van der Waals surface area contributed by atoms with Crippen LogP contribution in [0.5, 0.6) is 0 Å². The zero-order chi connectivity index (χ0) is 15.3. The summed E-state index contributed by atoms with van der Waals surface area (Å²) >= 11 is 1.30. The lowest BCUT2D eigenvalue weighted by atomic mass is 10.0. The van der Waals surface area contributed by atoms with Gasteiger partial charge in [0.2, 0.25) is 0 Å². The monoisotopic (exact) mass is 300 g/mol. The summed E-state index contributed by atoms with van der Waals surface area (Å²) in [5.41, 5.74) is 5.37. The van der Waals surface area contributed by atoms with Crippen LogP contribution in [0.4, 0.5) is 10.9 Å². The van der Waals surface area contributed by atoms with Gasteiger partial charge in [0.15, 0.2) is 5.13 Å². The minimum atomic E-state index is -0.475. The first-order valence-corrected chi connectivity index (χ1v) is 7.60. The highest BCUT2D eigenvalue weighted by Crippen LogP contribution is 2.28. The van der Waals surface area contributed by atoms with Gasteiger partial charge in [0.25, 0.3) is 5.91 Å². The zero-order valence-corrected chi connectivity index (χ0v) is 13.4. The highest BCUT2D eigenvalue weighted by molar-refractivity contribution is 7.18. The van der Waals surface area contributed by atoms with Crippen molar-refractivity contribution < 1.29 is 9.90 Å². The average molecular weight is 300 g/mol. The van der Waals surface area contributed by atoms with E-state index in [9.17, 15) is 4.79 Å². The van der Waals surface area contributed by atoms with Crippen LogP contribution < -0.4 is 16.0 Å². The number of aromatic nitrogens is 1. The standard InChI is InChI=1S/C13H24N4O2S/c1-5-17(6-2)12-15-10(14)9(20-12)11(19)16-13(3,4)7-8-18/h18H,5-8,14H2,1-4H3,(H,16,19). The highest BCUT2D eigenvalue weighted by atomic mass is 32.1. The van der Waals surface area contributed by atoms with Crippen LogP contribution in [0.2, 0.25) is 0 Å². The summed E-state index contributed by atoms with van der Waals surface area (Å²) in [6.45, 7) is 9.46. The largest absolute Gasteiger partial charge is 0.396 e. The molecule has 1 aromatic rings. The third kappa shape index (κ3) is 4.08. The van der Waals surface area contributed by atoms with Gasteiger partial charge in [-0.05, 0) is 34.1 Å². The molecular weight excluding hydrogens is 276 g/mol. The second-order valence-electron chi connectivity index (χ2n) is 5.19. The maximum Gasteiger partial charge on any atom is 0.265 e. The number of nitrogen functional groups attached to an aromatic ring is 1. The summed E-state index contributed by atoms with van der Waals surface area (Å²) < 4.78 is 0. The van der Waals surface area contributed by atoms with Crippen molar-refractivity contribution in [1.29, 1.82) is 0 Å². The molecule has 0 spiro atoms. The van der Waals surface area contributed by atoms with Crippen LogP contribution in [0.3, 0.4) is 0 Å². The molecule has 0 atom stereocenters. The number of nitrogens with two attached hydrogens (primary N) is 1. The number of aliphatic hydroxyl groups excluding tert-OH is 1. The van der Waals surface area contributed by atoms with E-state index in [-0.39, 0.29) is 18.3 Å². The quantitative estimate of drug-likeness (QED) is 0.709. The van der Waals surface area contributed by atoms with Crippen LogP contribution in [0.15, 0.2) is 0 Å². The molecule has 0 aliphatic rings. The Hall–Kier alpha value is -1.34. The van der Waals surface area contributed by atoms with Crippen LogP contribution in [0.25, 0.3) is 0 Å². The Balaban J connectivity index is 2.89. The lowest BCUT2D eigenvalue weighted by Gasteiger charge is -2.24. The van der Waals surface area contributed by atoms with E-state index in [0.29, 0.717) is 11.3 Å². The van der Waals surface area contributed by atoms with E-state index in [4.69, 9.17) is 10.8 Å². The molecule has 0 aromatic carbocycles. The first kappa shape index (κ1) is 16.7. The van der Waals surface area contributed by atoms with Gasteiger partial charge in [-0.25, -0.2) is 4.98 Å². The molecule has 0 saturated carbocycles. The minimum absolute atomic E-state index is 0.0240. The van der Waals surface area contributed by atoms with Crippen molar-refractivity contribution >= 4 is 28.2 Å². The molecule has 20 heavy (non-hydrogen) atoms. The highest BCUT2D eigenvalue weighted by Gasteiger charge is 2.24. The maximum atomic E-state index is 12.2. The number of nitrogens with one attached hydrogen (secondary N) is 1. The fourth-order valence-electron chi connectivity index (χ4n) is 1.82. The summed E-state index contributed by atoms with van der Waals surface area (Å²) in [5.74, 6) is 0.0195. The predicted molar refractivity (Wildman–Crippen MR) is 83.3 cm³/mol. The van der Waals surface area contributed by atoms with E-state index >= 15 is 0 Å². The number of aliphatic hydroxyl groups is 1. The van der Waals surface area contributed by atoms with Crippen LogP contribution >= 0.6 is 11.3 Å². The van der Waals surface area contributed by atoms with Crippen molar-refractivity contribution in [2.75, 3.05) is 30.3 Å². The summed E-state index contributed by atoms with van der Waals surface area (Å²) in [6.07, 6.45) is 0.486. The van der Waals surface area contributed by atoms with Gasteiger partial charge in [-0.15, -0.1) is 0 Å². The molecule has 0 bridgehead atoms. The Bertz CT molecular complexity index is 455. The lowest BCUT2D eigenvalue weighted by molar-refractivity contribution is 0.0904. The van der Waals surface area contributed by atoms with Crippen LogP contribution in [0.1, 0.15) is 43.8 Å². The summed E-state index contributed by atoms with van der Waals surface area (Å²) in [7, 11) is 0. The molecule has 0 unspecified atom stereocenters. The summed E-state index contributed by atoms with van der Waals surface area (Å²) in [4.78, 5) is 19.0. The fourth-order valence-corrected chi connectivity index (χ4v) is 2.83. The number of amides is 1. The van der Waals surface area contributed by atoms with Gasteiger partial charge in [-0.1, -0.05) is 11.3 Å². The average Bonchev–Trinajstić information content (AvgIpc) is 2.72. The van der Waals surface area contributed by atoms with Crippen LogP contribution in [0, 0.1) is 0 Å². The van der Waals surface area contributed by atoms with Gasteiger partial charge >= 0.3 is 0 Å². The van der Waals surface area contributed by atoms with Gasteiger partial charge in [-0.2, -0.15) is 0 Å². The van der Waals surface area contributed by atoms with E-state index < -0.39 is 5.54 Å². The number of carbonyl (C=O) groups excluding carboxylic acids is 1. The minimum Gasteiger partial charge on any atom is -0.396 e. The number of hydrogen-bond donors (Lipinski definition) is 3. The maximum absolute atomic E-state index is 12.2. The van der Waals surface area contributed by atoms with Gasteiger partial charge in [0.05, 0.1) is 0 Å². The first-order chi connectivity index (χ1) is 9.34. The van der Waals surface area contributed by atoms with Crippen molar-refractivity contribution in [2.24, 2.45) is 0 Å². The van der Waals surface area contributed by atoms with Crippen molar-refractivity contribution in [3.05, 3.63) is 4.88 Å². The number of rotatable bonds is 7. The molecule has 1 amide bonds. The molecular formula is C13H24N4O2S. The smallest absolute Gasteiger partial charge is 0.265 e. The topological polar surface area (TPSA) is 91.5 Å². The summed E-state index contributed by atoms with van der Waals surface area (Å²) in [5, 5.41) is 12.6. The first-order valence-electron chi connectivity index (χ1n) is 6.79. The molecule has 7 heteroatoms. The zero-order valence-electron chi connectivity index (χ0n) is 12.6. The number of thiazole rings is 1. The third-order valence-corrected chi connectivity index (χ3v) is 4.20. The summed E-state index contributed by atoms with van der Waals surface area (Å²) in [6, 6.07) is 0. The van der Waals surface area contributed by atoms with E-state index in [1.165, 1.54) is 11.3 Å². The second-order valence-corrected chi connectivity index (χ2v) is 6.17. The van der Waals surface area contributed by atoms with Crippen molar-refractivity contribution in [3.8, 4) is 0 Å². The Morgan fingerprint density at radius 3 is 2.55 bits per heavy atom. The molecule has 0 aliphatic heterocycles. The SMILES string of the molecule is CCN(CC)c1nc(N)c(C(=O)NC(C)(C)CCO)s1. The Labute approximate surface area is 124 Å². The van der Waals surface area contributed by atoms with Crippen LogP contribution in [-0.2, 0) is 0 Å². The molecule has 4 N–H and O–H groups in total. The van der Waals surface area contributed by atoms with Crippen molar-refractivity contribution in [3.63, 3.8) is 0 Å². The molecule has 0 aliphatic carbocycles. The third-order valence-electron chi connectivity index (χ3n) is 3.07. The Kier molecular flexibility index (Phi) is 5.76. The lowest BCUT2D eigenvalue weighted by Crippen LogP contribution is -2.43. The molecule has 1 heterocycles. The van der Waals surface area contributed by atoms with Gasteiger partial charge in [0, 0.05) is 25.2 Å². The van der Waals surface area contributed by atoms with Gasteiger partial charge < -0.3 is 21.1 Å². The molecule has 0 saturated heterocycles. The van der Waals surface area contributed by atoms with Gasteiger partial charge in [0.1, 0.15) is 10.7 Å². The molecule has 0 radical (unpaired) electrons. The molecule has 114 valence electrons. The Morgan fingerprint density at radius 1 is 1.45 bits per heavy atom. The van der Waals surface area contributed by atoms with E-state index in [0.717, 1.165) is 18.2 Å². The molecule has 1 rings (SSSR count). The second kappa shape index (κ2) is 6.90. The molecule has 6 nitrogen and oxygen atoms in total. The predicted octanol–water partition coefficient (Wildman–Crippen LogP) is 1.46. The Morgan fingerprint density at radius 2 is 2.05 bits per heavy atom. The normalized spacial score (nSPS) is 11.4. The number of carbonyl (C=O) groups is 1. The van der Waals surface area contributed by atoms with Crippen molar-refractivity contribution in [2.45, 2.75) is 39.7 Å². The van der Waals surface area contributed by atoms with Crippen LogP contribution in [-0.4, -0.2) is 41.2 Å². The van der Waals surface area contributed by atoms with E-state index in [1.807, 2.05) is 27.7 Å².